The molecule has 1 nitrogen and oxygen atoms in total. The van der Waals surface area contributed by atoms with Gasteiger partial charge in [0.05, 0.1) is 5.69 Å². The van der Waals surface area contributed by atoms with Crippen LogP contribution in [0.1, 0.15) is 18.5 Å². The van der Waals surface area contributed by atoms with E-state index in [1.165, 1.54) is 12.1 Å². The molecule has 0 heterocycles. The highest BCUT2D eigenvalue weighted by Gasteiger charge is 2.11. The van der Waals surface area contributed by atoms with E-state index in [1.54, 1.807) is 0 Å². The van der Waals surface area contributed by atoms with Crippen LogP contribution >= 0.6 is 15.9 Å². The summed E-state index contributed by atoms with van der Waals surface area (Å²) in [6.07, 6.45) is 0. The zero-order valence-electron chi connectivity index (χ0n) is 9.75. The third-order valence-corrected chi connectivity index (χ3v) is 3.22. The first-order valence-electron chi connectivity index (χ1n) is 5.54. The molecule has 94 valence electrons. The van der Waals surface area contributed by atoms with E-state index in [9.17, 15) is 8.78 Å². The molecule has 2 aromatic carbocycles. The SMILES string of the molecule is CC(Nc1cccc(F)c1F)c1ccc(Br)cc1. The minimum absolute atomic E-state index is 0.102. The second-order valence-electron chi connectivity index (χ2n) is 4.02. The van der Waals surface area contributed by atoms with E-state index in [-0.39, 0.29) is 11.7 Å². The molecule has 1 unspecified atom stereocenters. The molecule has 0 aliphatic rings. The Kier molecular flexibility index (Phi) is 3.97. The van der Waals surface area contributed by atoms with Crippen LogP contribution in [0.25, 0.3) is 0 Å². The Hall–Kier alpha value is -1.42. The van der Waals surface area contributed by atoms with Crippen LogP contribution in [0.3, 0.4) is 0 Å². The van der Waals surface area contributed by atoms with Crippen LogP contribution in [-0.4, -0.2) is 0 Å². The average molecular weight is 312 g/mol. The van der Waals surface area contributed by atoms with Crippen LogP contribution in [-0.2, 0) is 0 Å². The number of nitrogens with one attached hydrogen (secondary N) is 1. The predicted molar refractivity (Wildman–Crippen MR) is 72.5 cm³/mol. The van der Waals surface area contributed by atoms with Crippen molar-refractivity contribution in [3.63, 3.8) is 0 Å². The van der Waals surface area contributed by atoms with Gasteiger partial charge in [0.2, 0.25) is 0 Å². The molecule has 2 rings (SSSR count). The molecule has 1 N–H and O–H groups in total. The van der Waals surface area contributed by atoms with Gasteiger partial charge in [-0.2, -0.15) is 0 Å². The molecule has 0 amide bonds. The largest absolute Gasteiger partial charge is 0.376 e. The lowest BCUT2D eigenvalue weighted by atomic mass is 10.1. The van der Waals surface area contributed by atoms with E-state index >= 15 is 0 Å². The number of rotatable bonds is 3. The molecule has 0 fully saturated rings. The minimum Gasteiger partial charge on any atom is -0.376 e. The van der Waals surface area contributed by atoms with E-state index in [0.29, 0.717) is 0 Å². The molecule has 4 heteroatoms. The minimum atomic E-state index is -0.846. The molecule has 0 aromatic heterocycles. The van der Waals surface area contributed by atoms with Crippen molar-refractivity contribution in [2.24, 2.45) is 0 Å². The Morgan fingerprint density at radius 3 is 2.39 bits per heavy atom. The Bertz CT molecular complexity index is 540. The summed E-state index contributed by atoms with van der Waals surface area (Å²) >= 11 is 3.35. The van der Waals surface area contributed by atoms with Crippen LogP contribution in [0.2, 0.25) is 0 Å². The van der Waals surface area contributed by atoms with Gasteiger partial charge in [0.15, 0.2) is 11.6 Å². The van der Waals surface area contributed by atoms with Gasteiger partial charge in [-0.3, -0.25) is 0 Å². The summed E-state index contributed by atoms with van der Waals surface area (Å²) in [6.45, 7) is 1.90. The fraction of sp³-hybridized carbons (Fsp3) is 0.143. The predicted octanol–water partition coefficient (Wildman–Crippen LogP) is 4.90. The molecule has 18 heavy (non-hydrogen) atoms. The molecule has 0 aliphatic carbocycles. The zero-order valence-corrected chi connectivity index (χ0v) is 11.3. The van der Waals surface area contributed by atoms with Gasteiger partial charge in [0.25, 0.3) is 0 Å². The van der Waals surface area contributed by atoms with Crippen molar-refractivity contribution in [2.75, 3.05) is 5.32 Å². The lowest BCUT2D eigenvalue weighted by Crippen LogP contribution is -2.08. The normalized spacial score (nSPS) is 12.2. The quantitative estimate of drug-likeness (QED) is 0.850. The zero-order chi connectivity index (χ0) is 13.1. The summed E-state index contributed by atoms with van der Waals surface area (Å²) < 4.78 is 27.5. The smallest absolute Gasteiger partial charge is 0.181 e. The average Bonchev–Trinajstić information content (AvgIpc) is 2.36. The molecule has 1 atom stereocenters. The Labute approximate surface area is 113 Å². The van der Waals surface area contributed by atoms with Crippen molar-refractivity contribution in [1.82, 2.24) is 0 Å². The van der Waals surface area contributed by atoms with Gasteiger partial charge < -0.3 is 5.32 Å². The molecule has 2 aromatic rings. The maximum atomic E-state index is 13.5. The number of hydrogen-bond acceptors (Lipinski definition) is 1. The van der Waals surface area contributed by atoms with Crippen molar-refractivity contribution < 1.29 is 8.78 Å². The van der Waals surface area contributed by atoms with Gasteiger partial charge >= 0.3 is 0 Å². The Balaban J connectivity index is 2.18. The molecular formula is C14H12BrF2N. The maximum Gasteiger partial charge on any atom is 0.181 e. The third-order valence-electron chi connectivity index (χ3n) is 2.69. The van der Waals surface area contributed by atoms with Crippen molar-refractivity contribution in [3.05, 3.63) is 64.1 Å². The molecular weight excluding hydrogens is 300 g/mol. The van der Waals surface area contributed by atoms with Crippen molar-refractivity contribution in [2.45, 2.75) is 13.0 Å². The summed E-state index contributed by atoms with van der Waals surface area (Å²) in [5.41, 5.74) is 1.17. The van der Waals surface area contributed by atoms with Crippen molar-refractivity contribution in [3.8, 4) is 0 Å². The van der Waals surface area contributed by atoms with Crippen molar-refractivity contribution in [1.29, 1.82) is 0 Å². The van der Waals surface area contributed by atoms with Crippen LogP contribution < -0.4 is 5.32 Å². The van der Waals surface area contributed by atoms with E-state index in [1.807, 2.05) is 31.2 Å². The van der Waals surface area contributed by atoms with Crippen LogP contribution in [0.15, 0.2) is 46.9 Å². The van der Waals surface area contributed by atoms with Gasteiger partial charge in [0, 0.05) is 10.5 Å². The first-order chi connectivity index (χ1) is 8.58. The standard InChI is InChI=1S/C14H12BrF2N/c1-9(10-5-7-11(15)8-6-10)18-13-4-2-3-12(16)14(13)17/h2-9,18H,1H3. The number of benzene rings is 2. The highest BCUT2D eigenvalue weighted by Crippen LogP contribution is 2.24. The van der Waals surface area contributed by atoms with Crippen LogP contribution in [0.4, 0.5) is 14.5 Å². The highest BCUT2D eigenvalue weighted by molar-refractivity contribution is 9.10. The van der Waals surface area contributed by atoms with Gasteiger partial charge in [0.1, 0.15) is 0 Å². The molecule has 0 bridgehead atoms. The summed E-state index contributed by atoms with van der Waals surface area (Å²) in [4.78, 5) is 0. The molecule has 0 spiro atoms. The van der Waals surface area contributed by atoms with Gasteiger partial charge in [-0.1, -0.05) is 34.1 Å². The fourth-order valence-electron chi connectivity index (χ4n) is 1.68. The Morgan fingerprint density at radius 1 is 1.06 bits per heavy atom. The Morgan fingerprint density at radius 2 is 1.72 bits per heavy atom. The summed E-state index contributed by atoms with van der Waals surface area (Å²) in [7, 11) is 0. The van der Waals surface area contributed by atoms with Crippen LogP contribution in [0.5, 0.6) is 0 Å². The lowest BCUT2D eigenvalue weighted by molar-refractivity contribution is 0.510. The first-order valence-corrected chi connectivity index (χ1v) is 6.33. The third kappa shape index (κ3) is 2.88. The van der Waals surface area contributed by atoms with Crippen molar-refractivity contribution >= 4 is 21.6 Å². The van der Waals surface area contributed by atoms with E-state index in [2.05, 4.69) is 21.2 Å². The van der Waals surface area contributed by atoms with E-state index in [4.69, 9.17) is 0 Å². The highest BCUT2D eigenvalue weighted by atomic mass is 79.9. The molecule has 0 aliphatic heterocycles. The van der Waals surface area contributed by atoms with E-state index < -0.39 is 11.6 Å². The summed E-state index contributed by atoms with van der Waals surface area (Å²) in [6, 6.07) is 11.7. The monoisotopic (exact) mass is 311 g/mol. The molecule has 0 radical (unpaired) electrons. The lowest BCUT2D eigenvalue weighted by Gasteiger charge is -2.16. The number of anilines is 1. The summed E-state index contributed by atoms with van der Waals surface area (Å²) in [5, 5.41) is 2.96. The van der Waals surface area contributed by atoms with Gasteiger partial charge in [-0.15, -0.1) is 0 Å². The number of halogens is 3. The summed E-state index contributed by atoms with van der Waals surface area (Å²) in [5.74, 6) is -1.69. The van der Waals surface area contributed by atoms with Gasteiger partial charge in [-0.05, 0) is 36.8 Å². The van der Waals surface area contributed by atoms with Gasteiger partial charge in [-0.25, -0.2) is 8.78 Å². The second kappa shape index (κ2) is 5.48. The fourth-order valence-corrected chi connectivity index (χ4v) is 1.95. The maximum absolute atomic E-state index is 13.5. The molecule has 0 saturated heterocycles. The first kappa shape index (κ1) is 13.0. The molecule has 0 saturated carbocycles. The number of hydrogen-bond donors (Lipinski definition) is 1. The van der Waals surface area contributed by atoms with Crippen LogP contribution in [0, 0.1) is 11.6 Å². The second-order valence-corrected chi connectivity index (χ2v) is 4.93. The van der Waals surface area contributed by atoms with E-state index in [0.717, 1.165) is 16.1 Å². The topological polar surface area (TPSA) is 12.0 Å².